The zero-order valence-electron chi connectivity index (χ0n) is 12.8. The molecule has 0 amide bonds. The lowest BCUT2D eigenvalue weighted by Gasteiger charge is -2.19. The van der Waals surface area contributed by atoms with Gasteiger partial charge in [-0.15, -0.1) is 12.4 Å². The molecule has 0 spiro atoms. The smallest absolute Gasteiger partial charge is 0.198 e. The van der Waals surface area contributed by atoms with Crippen molar-refractivity contribution in [2.45, 2.75) is 19.4 Å². The van der Waals surface area contributed by atoms with E-state index in [1.807, 2.05) is 13.0 Å². The van der Waals surface area contributed by atoms with Crippen molar-refractivity contribution in [2.75, 3.05) is 12.3 Å². The van der Waals surface area contributed by atoms with Crippen LogP contribution in [0.1, 0.15) is 24.9 Å². The number of hydrogen-bond acceptors (Lipinski definition) is 3. The summed E-state index contributed by atoms with van der Waals surface area (Å²) >= 11 is 4.13. The second kappa shape index (κ2) is 9.75. The van der Waals surface area contributed by atoms with E-state index in [4.69, 9.17) is 4.74 Å². The fourth-order valence-electron chi connectivity index (χ4n) is 2.23. The molecule has 0 unspecified atom stereocenters. The molecule has 2 rings (SSSR count). The summed E-state index contributed by atoms with van der Waals surface area (Å²) in [5.41, 5.74) is 0.400. The topological polar surface area (TPSA) is 21.3 Å². The maximum atomic E-state index is 14.7. The Kier molecular flexibility index (Phi) is 8.37. The number of hydrogen-bond donors (Lipinski definition) is 2. The minimum atomic E-state index is -0.714. The summed E-state index contributed by atoms with van der Waals surface area (Å²) in [5.74, 6) is -0.702. The molecule has 0 fully saturated rings. The monoisotopic (exact) mass is 359 g/mol. The Morgan fingerprint density at radius 3 is 2.43 bits per heavy atom. The number of ether oxygens (including phenoxy) is 1. The van der Waals surface area contributed by atoms with E-state index >= 15 is 0 Å². The van der Waals surface area contributed by atoms with Crippen LogP contribution >= 0.6 is 25.0 Å². The van der Waals surface area contributed by atoms with Crippen molar-refractivity contribution in [1.29, 1.82) is 0 Å². The molecule has 1 atom stereocenters. The molecule has 0 aliphatic carbocycles. The summed E-state index contributed by atoms with van der Waals surface area (Å²) < 4.78 is 34.0. The van der Waals surface area contributed by atoms with Crippen molar-refractivity contribution in [3.8, 4) is 11.5 Å². The van der Waals surface area contributed by atoms with E-state index in [0.29, 0.717) is 30.0 Å². The molecule has 0 radical (unpaired) electrons. The molecule has 2 aromatic rings. The van der Waals surface area contributed by atoms with E-state index in [0.717, 1.165) is 0 Å². The van der Waals surface area contributed by atoms with Crippen molar-refractivity contribution in [1.82, 2.24) is 5.32 Å². The van der Waals surface area contributed by atoms with Gasteiger partial charge < -0.3 is 10.1 Å². The minimum Gasteiger partial charge on any atom is -0.451 e. The van der Waals surface area contributed by atoms with Crippen LogP contribution in [0.4, 0.5) is 8.78 Å². The Balaban J connectivity index is 0.00000264. The summed E-state index contributed by atoms with van der Waals surface area (Å²) in [6.07, 6.45) is 0.682. The average Bonchev–Trinajstić information content (AvgIpc) is 2.54. The summed E-state index contributed by atoms with van der Waals surface area (Å²) in [4.78, 5) is 0. The van der Waals surface area contributed by atoms with Crippen LogP contribution in [-0.4, -0.2) is 12.3 Å². The first-order chi connectivity index (χ1) is 10.7. The van der Waals surface area contributed by atoms with Gasteiger partial charge in [-0.2, -0.15) is 12.6 Å². The van der Waals surface area contributed by atoms with Crippen LogP contribution in [0.3, 0.4) is 0 Å². The van der Waals surface area contributed by atoms with Gasteiger partial charge in [-0.05, 0) is 24.6 Å². The van der Waals surface area contributed by atoms with E-state index < -0.39 is 11.6 Å². The van der Waals surface area contributed by atoms with Crippen LogP contribution in [0, 0.1) is 11.6 Å². The Morgan fingerprint density at radius 1 is 1.13 bits per heavy atom. The molecule has 1 N–H and O–H groups in total. The molecule has 0 saturated carbocycles. The van der Waals surface area contributed by atoms with Gasteiger partial charge >= 0.3 is 0 Å². The highest BCUT2D eigenvalue weighted by Gasteiger charge is 2.20. The molecule has 0 aromatic heterocycles. The Labute approximate surface area is 147 Å². The molecule has 2 nitrogen and oxygen atoms in total. The molecule has 23 heavy (non-hydrogen) atoms. The first kappa shape index (κ1) is 19.7. The second-order valence-electron chi connectivity index (χ2n) is 4.83. The lowest BCUT2D eigenvalue weighted by Crippen LogP contribution is -2.24. The van der Waals surface area contributed by atoms with Crippen LogP contribution < -0.4 is 10.1 Å². The summed E-state index contributed by atoms with van der Waals surface area (Å²) in [5, 5.41) is 3.19. The molecule has 126 valence electrons. The van der Waals surface area contributed by atoms with Gasteiger partial charge in [0.25, 0.3) is 0 Å². The molecule has 0 aliphatic rings. The Morgan fingerprint density at radius 2 is 1.83 bits per heavy atom. The number of thiol groups is 1. The number of para-hydroxylation sites is 1. The van der Waals surface area contributed by atoms with Gasteiger partial charge in [0.15, 0.2) is 17.4 Å². The van der Waals surface area contributed by atoms with E-state index in [1.54, 1.807) is 24.3 Å². The standard InChI is InChI=1S/C17H19F2NOS.ClH/c1-2-15(20-10-11-22)13-8-9-14(18)17(16(13)19)21-12-6-4-3-5-7-12;/h3-9,15,20,22H,2,10-11H2,1H3;1H/t15-;/m0./s1. The van der Waals surface area contributed by atoms with Crippen molar-refractivity contribution in [3.63, 3.8) is 0 Å². The first-order valence-electron chi connectivity index (χ1n) is 7.22. The van der Waals surface area contributed by atoms with Gasteiger partial charge in [-0.1, -0.05) is 31.2 Å². The van der Waals surface area contributed by atoms with E-state index in [9.17, 15) is 8.78 Å². The third kappa shape index (κ3) is 5.09. The first-order valence-corrected chi connectivity index (χ1v) is 7.85. The lowest BCUT2D eigenvalue weighted by atomic mass is 10.0. The molecular formula is C17H20ClF2NOS. The predicted octanol–water partition coefficient (Wildman–Crippen LogP) is 5.15. The molecule has 0 heterocycles. The molecular weight excluding hydrogens is 340 g/mol. The van der Waals surface area contributed by atoms with Crippen LogP contribution in [0.2, 0.25) is 0 Å². The van der Waals surface area contributed by atoms with Gasteiger partial charge in [0.1, 0.15) is 5.75 Å². The fourth-order valence-corrected chi connectivity index (χ4v) is 2.36. The van der Waals surface area contributed by atoms with E-state index in [-0.39, 0.29) is 24.2 Å². The number of halogens is 3. The number of rotatable bonds is 7. The maximum Gasteiger partial charge on any atom is 0.198 e. The van der Waals surface area contributed by atoms with Crippen LogP contribution in [-0.2, 0) is 0 Å². The Bertz CT molecular complexity index is 613. The summed E-state index contributed by atoms with van der Waals surface area (Å²) in [6, 6.07) is 11.1. The van der Waals surface area contributed by atoms with Gasteiger partial charge in [-0.25, -0.2) is 8.78 Å². The van der Waals surface area contributed by atoms with Gasteiger partial charge in [0.2, 0.25) is 0 Å². The van der Waals surface area contributed by atoms with Crippen molar-refractivity contribution in [2.24, 2.45) is 0 Å². The highest BCUT2D eigenvalue weighted by molar-refractivity contribution is 7.80. The average molecular weight is 360 g/mol. The van der Waals surface area contributed by atoms with Crippen molar-refractivity contribution in [3.05, 3.63) is 59.7 Å². The minimum absolute atomic E-state index is 0. The highest BCUT2D eigenvalue weighted by Crippen LogP contribution is 2.32. The van der Waals surface area contributed by atoms with E-state index in [2.05, 4.69) is 17.9 Å². The molecule has 0 saturated heterocycles. The zero-order valence-corrected chi connectivity index (χ0v) is 14.5. The number of nitrogens with one attached hydrogen (secondary N) is 1. The van der Waals surface area contributed by atoms with Crippen molar-refractivity contribution >= 4 is 25.0 Å². The quantitative estimate of drug-likeness (QED) is 0.667. The number of benzene rings is 2. The molecule has 2 aromatic carbocycles. The highest BCUT2D eigenvalue weighted by atomic mass is 35.5. The van der Waals surface area contributed by atoms with Gasteiger partial charge in [0, 0.05) is 23.9 Å². The summed E-state index contributed by atoms with van der Waals surface area (Å²) in [7, 11) is 0. The largest absolute Gasteiger partial charge is 0.451 e. The van der Waals surface area contributed by atoms with Crippen LogP contribution in [0.25, 0.3) is 0 Å². The maximum absolute atomic E-state index is 14.7. The normalized spacial score (nSPS) is 11.7. The van der Waals surface area contributed by atoms with Crippen LogP contribution in [0.15, 0.2) is 42.5 Å². The predicted molar refractivity (Wildman–Crippen MR) is 95.0 cm³/mol. The third-order valence-electron chi connectivity index (χ3n) is 3.33. The van der Waals surface area contributed by atoms with Crippen molar-refractivity contribution < 1.29 is 13.5 Å². The molecule has 0 aliphatic heterocycles. The van der Waals surface area contributed by atoms with Gasteiger partial charge in [0.05, 0.1) is 0 Å². The van der Waals surface area contributed by atoms with Crippen LogP contribution in [0.5, 0.6) is 11.5 Å². The molecule has 0 bridgehead atoms. The molecule has 6 heteroatoms. The summed E-state index contributed by atoms with van der Waals surface area (Å²) in [6.45, 7) is 2.59. The van der Waals surface area contributed by atoms with E-state index in [1.165, 1.54) is 12.1 Å². The van der Waals surface area contributed by atoms with Gasteiger partial charge in [-0.3, -0.25) is 0 Å². The Hall–Kier alpha value is -1.30. The lowest BCUT2D eigenvalue weighted by molar-refractivity contribution is 0.396. The fraction of sp³-hybridized carbons (Fsp3) is 0.294. The second-order valence-corrected chi connectivity index (χ2v) is 5.28. The third-order valence-corrected chi connectivity index (χ3v) is 3.55. The SMILES string of the molecule is CC[C@H](NCCS)c1ccc(F)c(Oc2ccccc2)c1F.Cl. The zero-order chi connectivity index (χ0) is 15.9.